The lowest BCUT2D eigenvalue weighted by Crippen LogP contribution is -2.43. The zero-order chi connectivity index (χ0) is 11.7. The fraction of sp³-hybridized carbons (Fsp3) is 0.500. The summed E-state index contributed by atoms with van der Waals surface area (Å²) in [5, 5.41) is 9.58. The van der Waals surface area contributed by atoms with Crippen LogP contribution in [0, 0.1) is 0 Å². The normalized spacial score (nSPS) is 16.4. The molecule has 0 aliphatic rings. The molecule has 86 valence electrons. The van der Waals surface area contributed by atoms with E-state index in [-0.39, 0.29) is 15.8 Å². The first-order valence-corrected chi connectivity index (χ1v) is 5.25. The molecule has 1 atom stereocenters. The van der Waals surface area contributed by atoms with E-state index in [2.05, 4.69) is 0 Å². The van der Waals surface area contributed by atoms with Gasteiger partial charge in [-0.1, -0.05) is 11.6 Å². The van der Waals surface area contributed by atoms with E-state index in [9.17, 15) is 18.3 Å². The lowest BCUT2D eigenvalue weighted by molar-refractivity contribution is -0.267. The summed E-state index contributed by atoms with van der Waals surface area (Å²) in [5.41, 5.74) is 2.18. The number of thiophene rings is 1. The molecule has 1 aromatic heterocycles. The number of halogens is 4. The Hall–Kier alpha value is -0.300. The second-order valence-electron chi connectivity index (χ2n) is 3.00. The number of aliphatic hydroxyl groups is 1. The van der Waals surface area contributed by atoms with Crippen molar-refractivity contribution in [3.63, 3.8) is 0 Å². The minimum Gasteiger partial charge on any atom is -0.376 e. The zero-order valence-electron chi connectivity index (χ0n) is 7.51. The molecule has 7 heteroatoms. The van der Waals surface area contributed by atoms with Crippen LogP contribution >= 0.6 is 22.9 Å². The van der Waals surface area contributed by atoms with Crippen LogP contribution in [0.3, 0.4) is 0 Å². The Labute approximate surface area is 93.5 Å². The van der Waals surface area contributed by atoms with E-state index in [0.717, 1.165) is 6.07 Å². The highest BCUT2D eigenvalue weighted by molar-refractivity contribution is 7.16. The van der Waals surface area contributed by atoms with Gasteiger partial charge in [0, 0.05) is 11.3 Å². The average Bonchev–Trinajstić information content (AvgIpc) is 2.50. The number of rotatable bonds is 3. The third kappa shape index (κ3) is 2.44. The molecule has 2 nitrogen and oxygen atoms in total. The molecule has 0 aliphatic heterocycles. The lowest BCUT2D eigenvalue weighted by atomic mass is 9.97. The number of hydrogen-bond acceptors (Lipinski definition) is 3. The van der Waals surface area contributed by atoms with Crippen molar-refractivity contribution in [2.24, 2.45) is 5.73 Å². The van der Waals surface area contributed by atoms with Gasteiger partial charge in [0.25, 0.3) is 0 Å². The van der Waals surface area contributed by atoms with Gasteiger partial charge in [0.2, 0.25) is 0 Å². The Balaban J connectivity index is 3.12. The molecule has 0 aromatic carbocycles. The second-order valence-corrected chi connectivity index (χ2v) is 4.72. The topological polar surface area (TPSA) is 46.2 Å². The zero-order valence-corrected chi connectivity index (χ0v) is 9.09. The van der Waals surface area contributed by atoms with Crippen molar-refractivity contribution in [2.45, 2.75) is 18.2 Å². The molecule has 0 bridgehead atoms. The number of alkyl halides is 3. The van der Waals surface area contributed by atoms with Gasteiger partial charge in [0.05, 0.1) is 4.34 Å². The fourth-order valence-corrected chi connectivity index (χ4v) is 2.33. The first kappa shape index (κ1) is 12.8. The summed E-state index contributed by atoms with van der Waals surface area (Å²) in [6.07, 6.45) is -5.33. The minimum atomic E-state index is -4.75. The van der Waals surface area contributed by atoms with Gasteiger partial charge in [0.1, 0.15) is 0 Å². The maximum absolute atomic E-state index is 12.6. The van der Waals surface area contributed by atoms with Crippen LogP contribution in [0.4, 0.5) is 13.2 Å². The SMILES string of the molecule is NCCC(O)(c1ccc(Cl)s1)C(F)(F)F. The van der Waals surface area contributed by atoms with Gasteiger partial charge in [-0.15, -0.1) is 11.3 Å². The van der Waals surface area contributed by atoms with Crippen LogP contribution < -0.4 is 5.73 Å². The highest BCUT2D eigenvalue weighted by Gasteiger charge is 2.55. The van der Waals surface area contributed by atoms with Crippen LogP contribution in [0.15, 0.2) is 12.1 Å². The molecular formula is C8H9ClF3NOS. The Morgan fingerprint density at radius 2 is 2.00 bits per heavy atom. The third-order valence-corrected chi connectivity index (χ3v) is 3.34. The highest BCUT2D eigenvalue weighted by Crippen LogP contribution is 2.44. The van der Waals surface area contributed by atoms with Gasteiger partial charge < -0.3 is 10.8 Å². The molecule has 0 saturated heterocycles. The molecule has 0 saturated carbocycles. The van der Waals surface area contributed by atoms with E-state index >= 15 is 0 Å². The minimum absolute atomic E-state index is 0.199. The molecule has 0 radical (unpaired) electrons. The van der Waals surface area contributed by atoms with Gasteiger partial charge in [-0.25, -0.2) is 0 Å². The summed E-state index contributed by atoms with van der Waals surface area (Å²) < 4.78 is 38.1. The van der Waals surface area contributed by atoms with Crippen molar-refractivity contribution in [3.8, 4) is 0 Å². The highest BCUT2D eigenvalue weighted by atomic mass is 35.5. The van der Waals surface area contributed by atoms with Gasteiger partial charge in [-0.05, 0) is 18.7 Å². The quantitative estimate of drug-likeness (QED) is 0.876. The van der Waals surface area contributed by atoms with E-state index < -0.39 is 18.2 Å². The molecule has 3 N–H and O–H groups in total. The summed E-state index contributed by atoms with van der Waals surface area (Å²) in [7, 11) is 0. The van der Waals surface area contributed by atoms with Gasteiger partial charge in [-0.3, -0.25) is 0 Å². The van der Waals surface area contributed by atoms with E-state index in [1.807, 2.05) is 0 Å². The Morgan fingerprint density at radius 3 is 2.33 bits per heavy atom. The maximum atomic E-state index is 12.6. The van der Waals surface area contributed by atoms with E-state index in [1.54, 1.807) is 0 Å². The van der Waals surface area contributed by atoms with Gasteiger partial charge in [0.15, 0.2) is 5.60 Å². The van der Waals surface area contributed by atoms with Crippen LogP contribution in [-0.2, 0) is 5.60 Å². The monoisotopic (exact) mass is 259 g/mol. The number of nitrogens with two attached hydrogens (primary N) is 1. The largest absolute Gasteiger partial charge is 0.422 e. The Kier molecular flexibility index (Phi) is 3.65. The molecule has 0 fully saturated rings. The maximum Gasteiger partial charge on any atom is 0.422 e. The molecule has 1 rings (SSSR count). The summed E-state index contributed by atoms with van der Waals surface area (Å²) in [6.45, 7) is -0.258. The predicted octanol–water partition coefficient (Wildman–Crippen LogP) is 2.50. The Bertz CT molecular complexity index is 341. The molecule has 0 spiro atoms. The summed E-state index contributed by atoms with van der Waals surface area (Å²) in [6, 6.07) is 2.48. The smallest absolute Gasteiger partial charge is 0.376 e. The van der Waals surface area contributed by atoms with Crippen molar-refractivity contribution in [3.05, 3.63) is 21.3 Å². The van der Waals surface area contributed by atoms with E-state index in [0.29, 0.717) is 11.3 Å². The molecule has 0 amide bonds. The predicted molar refractivity (Wildman–Crippen MR) is 53.0 cm³/mol. The third-order valence-electron chi connectivity index (χ3n) is 1.96. The summed E-state index contributed by atoms with van der Waals surface area (Å²) >= 11 is 6.23. The number of hydrogen-bond donors (Lipinski definition) is 2. The van der Waals surface area contributed by atoms with E-state index in [1.165, 1.54) is 6.07 Å². The summed E-state index contributed by atoms with van der Waals surface area (Å²) in [4.78, 5) is -0.231. The van der Waals surface area contributed by atoms with Crippen LogP contribution in [-0.4, -0.2) is 17.8 Å². The Morgan fingerprint density at radius 1 is 1.40 bits per heavy atom. The molecule has 1 unspecified atom stereocenters. The summed E-state index contributed by atoms with van der Waals surface area (Å²) in [5.74, 6) is 0. The fourth-order valence-electron chi connectivity index (χ4n) is 1.15. The van der Waals surface area contributed by atoms with Crippen molar-refractivity contribution in [2.75, 3.05) is 6.54 Å². The van der Waals surface area contributed by atoms with Gasteiger partial charge >= 0.3 is 6.18 Å². The first-order valence-electron chi connectivity index (χ1n) is 4.06. The van der Waals surface area contributed by atoms with Crippen LogP contribution in [0.5, 0.6) is 0 Å². The molecule has 0 aliphatic carbocycles. The van der Waals surface area contributed by atoms with Crippen molar-refractivity contribution < 1.29 is 18.3 Å². The molecule has 1 aromatic rings. The second kappa shape index (κ2) is 4.29. The lowest BCUT2D eigenvalue weighted by Gasteiger charge is -2.28. The van der Waals surface area contributed by atoms with Crippen LogP contribution in [0.1, 0.15) is 11.3 Å². The van der Waals surface area contributed by atoms with Crippen molar-refractivity contribution >= 4 is 22.9 Å². The first-order chi connectivity index (χ1) is 6.81. The standard InChI is InChI=1S/C8H9ClF3NOS/c9-6-2-1-5(15-6)7(14,3-4-13)8(10,11)12/h1-2,14H,3-4,13H2. The van der Waals surface area contributed by atoms with Crippen molar-refractivity contribution in [1.82, 2.24) is 0 Å². The van der Waals surface area contributed by atoms with Crippen LogP contribution in [0.2, 0.25) is 4.34 Å². The molecule has 15 heavy (non-hydrogen) atoms. The average molecular weight is 260 g/mol. The van der Waals surface area contributed by atoms with Crippen molar-refractivity contribution in [1.29, 1.82) is 0 Å². The molecular weight excluding hydrogens is 251 g/mol. The van der Waals surface area contributed by atoms with Gasteiger partial charge in [-0.2, -0.15) is 13.2 Å². The van der Waals surface area contributed by atoms with E-state index in [4.69, 9.17) is 17.3 Å². The van der Waals surface area contributed by atoms with Crippen LogP contribution in [0.25, 0.3) is 0 Å². The molecule has 1 heterocycles.